The van der Waals surface area contributed by atoms with Gasteiger partial charge in [0.05, 0.1) is 10.6 Å². The number of benzene rings is 3. The lowest BCUT2D eigenvalue weighted by Gasteiger charge is -2.13. The van der Waals surface area contributed by atoms with Crippen LogP contribution in [0.3, 0.4) is 0 Å². The third kappa shape index (κ3) is 6.14. The van der Waals surface area contributed by atoms with Crippen molar-refractivity contribution in [3.8, 4) is 0 Å². The highest BCUT2D eigenvalue weighted by Gasteiger charge is 2.20. The molecule has 1 amide bonds. The Hall–Kier alpha value is -2.77. The molecule has 0 saturated carbocycles. The third-order valence-electron chi connectivity index (χ3n) is 5.18. The van der Waals surface area contributed by atoms with Gasteiger partial charge in [-0.15, -0.1) is 0 Å². The van der Waals surface area contributed by atoms with Gasteiger partial charge in [-0.1, -0.05) is 48.5 Å². The first kappa shape index (κ1) is 23.9. The smallest absolute Gasteiger partial charge is 0.262 e. The minimum absolute atomic E-state index is 0.0994. The van der Waals surface area contributed by atoms with Crippen molar-refractivity contribution in [2.24, 2.45) is 0 Å². The van der Waals surface area contributed by atoms with Crippen molar-refractivity contribution in [1.82, 2.24) is 5.32 Å². The molecule has 0 aliphatic rings. The molecule has 0 atom stereocenters. The lowest BCUT2D eigenvalue weighted by Crippen LogP contribution is -2.26. The third-order valence-corrected chi connectivity index (χ3v) is 7.70. The number of amides is 1. The van der Waals surface area contributed by atoms with Crippen LogP contribution in [0.5, 0.6) is 0 Å². The average molecular weight is 469 g/mol. The molecule has 0 bridgehead atoms. The zero-order valence-corrected chi connectivity index (χ0v) is 20.1. The number of hydrogen-bond acceptors (Lipinski definition) is 4. The molecule has 3 aromatic rings. The highest BCUT2D eigenvalue weighted by Crippen LogP contribution is 2.23. The topological polar surface area (TPSA) is 75.3 Å². The Balaban J connectivity index is 1.61. The number of para-hydroxylation sites is 1. The van der Waals surface area contributed by atoms with Crippen molar-refractivity contribution < 1.29 is 13.2 Å². The molecule has 0 radical (unpaired) electrons. The van der Waals surface area contributed by atoms with Crippen molar-refractivity contribution in [3.63, 3.8) is 0 Å². The van der Waals surface area contributed by atoms with Gasteiger partial charge >= 0.3 is 0 Å². The van der Waals surface area contributed by atoms with Crippen molar-refractivity contribution in [3.05, 3.63) is 94.5 Å². The second-order valence-corrected chi connectivity index (χ2v) is 10.4. The Morgan fingerprint density at radius 2 is 1.56 bits per heavy atom. The monoisotopic (exact) mass is 468 g/mol. The van der Waals surface area contributed by atoms with Gasteiger partial charge in [0.2, 0.25) is 0 Å². The number of anilines is 1. The minimum atomic E-state index is -3.82. The van der Waals surface area contributed by atoms with E-state index < -0.39 is 10.0 Å². The molecule has 3 aromatic carbocycles. The summed E-state index contributed by atoms with van der Waals surface area (Å²) >= 11 is 1.75. The van der Waals surface area contributed by atoms with E-state index in [2.05, 4.69) is 29.1 Å². The van der Waals surface area contributed by atoms with Crippen LogP contribution >= 0.6 is 11.8 Å². The second-order valence-electron chi connectivity index (χ2n) is 7.64. The van der Waals surface area contributed by atoms with E-state index in [0.29, 0.717) is 23.4 Å². The summed E-state index contributed by atoms with van der Waals surface area (Å²) in [4.78, 5) is 12.7. The lowest BCUT2D eigenvalue weighted by atomic mass is 10.1. The lowest BCUT2D eigenvalue weighted by molar-refractivity contribution is 0.0956. The minimum Gasteiger partial charge on any atom is -0.351 e. The largest absolute Gasteiger partial charge is 0.351 e. The van der Waals surface area contributed by atoms with Crippen molar-refractivity contribution >= 4 is 33.4 Å². The maximum absolute atomic E-state index is 13.0. The number of nitrogens with one attached hydrogen (secondary N) is 2. The van der Waals surface area contributed by atoms with E-state index in [0.717, 1.165) is 17.1 Å². The van der Waals surface area contributed by atoms with Gasteiger partial charge in [-0.25, -0.2) is 8.42 Å². The molecular formula is C25H28N2O3S2. The zero-order chi connectivity index (χ0) is 23.1. The predicted octanol–water partition coefficient (Wildman–Crippen LogP) is 5.08. The van der Waals surface area contributed by atoms with E-state index in [1.54, 1.807) is 43.0 Å². The fourth-order valence-electron chi connectivity index (χ4n) is 3.21. The summed E-state index contributed by atoms with van der Waals surface area (Å²) in [6, 6.07) is 20.2. The average Bonchev–Trinajstić information content (AvgIpc) is 2.76. The molecule has 168 valence electrons. The van der Waals surface area contributed by atoms with Crippen molar-refractivity contribution in [2.75, 3.05) is 17.0 Å². The van der Waals surface area contributed by atoms with E-state index in [4.69, 9.17) is 0 Å². The molecule has 0 aliphatic heterocycles. The molecule has 0 aromatic heterocycles. The Labute approximate surface area is 194 Å². The van der Waals surface area contributed by atoms with Gasteiger partial charge in [-0.2, -0.15) is 11.8 Å². The number of thioether (sulfide) groups is 1. The molecule has 5 nitrogen and oxygen atoms in total. The number of hydrogen-bond donors (Lipinski definition) is 2. The summed E-state index contributed by atoms with van der Waals surface area (Å²) in [6.07, 6.45) is 0. The Kier molecular flexibility index (Phi) is 7.99. The number of carbonyl (C=O) groups is 1. The Bertz CT molecular complexity index is 1210. The van der Waals surface area contributed by atoms with Crippen LogP contribution < -0.4 is 10.0 Å². The van der Waals surface area contributed by atoms with E-state index in [9.17, 15) is 13.2 Å². The summed E-state index contributed by atoms with van der Waals surface area (Å²) in [7, 11) is -3.82. The van der Waals surface area contributed by atoms with E-state index in [1.165, 1.54) is 17.2 Å². The van der Waals surface area contributed by atoms with Crippen LogP contribution in [0.1, 0.15) is 32.6 Å². The normalized spacial score (nSPS) is 11.2. The number of carbonyl (C=O) groups excluding carboxylic acids is 1. The van der Waals surface area contributed by atoms with Crippen LogP contribution in [0.25, 0.3) is 0 Å². The molecular weight excluding hydrogens is 440 g/mol. The maximum Gasteiger partial charge on any atom is 0.262 e. The van der Waals surface area contributed by atoms with Gasteiger partial charge < -0.3 is 5.32 Å². The molecule has 0 saturated heterocycles. The van der Waals surface area contributed by atoms with Crippen LogP contribution in [0.2, 0.25) is 0 Å². The quantitative estimate of drug-likeness (QED) is 0.430. The molecule has 7 heteroatoms. The molecule has 0 fully saturated rings. The van der Waals surface area contributed by atoms with Gasteiger partial charge in [0, 0.05) is 23.6 Å². The molecule has 32 heavy (non-hydrogen) atoms. The van der Waals surface area contributed by atoms with Gasteiger partial charge in [0.15, 0.2) is 0 Å². The summed E-state index contributed by atoms with van der Waals surface area (Å²) in [5, 5.41) is 2.88. The fraction of sp³-hybridized carbons (Fsp3) is 0.240. The first-order chi connectivity index (χ1) is 15.3. The van der Waals surface area contributed by atoms with Gasteiger partial charge in [-0.05, 0) is 61.2 Å². The van der Waals surface area contributed by atoms with Crippen LogP contribution in [0.4, 0.5) is 5.69 Å². The van der Waals surface area contributed by atoms with E-state index in [-0.39, 0.29) is 10.8 Å². The van der Waals surface area contributed by atoms with Gasteiger partial charge in [-0.3, -0.25) is 9.52 Å². The van der Waals surface area contributed by atoms with Gasteiger partial charge in [0.1, 0.15) is 0 Å². The summed E-state index contributed by atoms with van der Waals surface area (Å²) < 4.78 is 28.6. The van der Waals surface area contributed by atoms with Crippen LogP contribution in [0, 0.1) is 20.8 Å². The highest BCUT2D eigenvalue weighted by atomic mass is 32.2. The van der Waals surface area contributed by atoms with Crippen LogP contribution in [-0.4, -0.2) is 26.6 Å². The number of rotatable bonds is 9. The predicted molar refractivity (Wildman–Crippen MR) is 133 cm³/mol. The van der Waals surface area contributed by atoms with Gasteiger partial charge in [0.25, 0.3) is 15.9 Å². The maximum atomic E-state index is 13.0. The van der Waals surface area contributed by atoms with Crippen LogP contribution in [0.15, 0.2) is 71.6 Å². The second kappa shape index (κ2) is 10.7. The highest BCUT2D eigenvalue weighted by molar-refractivity contribution is 7.98. The van der Waals surface area contributed by atoms with Crippen molar-refractivity contribution in [2.45, 2.75) is 31.4 Å². The number of aryl methyl sites for hydroxylation is 3. The molecule has 0 spiro atoms. The molecule has 0 aliphatic carbocycles. The molecule has 0 heterocycles. The molecule has 0 unspecified atom stereocenters. The molecule has 2 N–H and O–H groups in total. The van der Waals surface area contributed by atoms with E-state index in [1.807, 2.05) is 31.2 Å². The first-order valence-electron chi connectivity index (χ1n) is 10.4. The van der Waals surface area contributed by atoms with Crippen LogP contribution in [-0.2, 0) is 15.8 Å². The van der Waals surface area contributed by atoms with E-state index >= 15 is 0 Å². The Morgan fingerprint density at radius 1 is 0.875 bits per heavy atom. The van der Waals surface area contributed by atoms with Crippen molar-refractivity contribution in [1.29, 1.82) is 0 Å². The summed E-state index contributed by atoms with van der Waals surface area (Å²) in [5.41, 5.74) is 4.80. The number of sulfonamides is 1. The SMILES string of the molecule is Cc1ccccc1CSCCNC(=O)c1ccc(C)c(S(=O)(=O)Nc2ccccc2C)c1. The standard InChI is InChI=1S/C25H28N2O3S2/c1-18-8-4-6-10-22(18)17-31-15-14-26-25(28)21-13-12-20(3)24(16-21)32(29,30)27-23-11-7-5-9-19(23)2/h4-13,16,27H,14-15,17H2,1-3H3,(H,26,28). The summed E-state index contributed by atoms with van der Waals surface area (Å²) in [5.74, 6) is 1.38. The fourth-order valence-corrected chi connectivity index (χ4v) is 5.55. The summed E-state index contributed by atoms with van der Waals surface area (Å²) in [6.45, 7) is 6.16. The molecule has 3 rings (SSSR count). The first-order valence-corrected chi connectivity index (χ1v) is 13.0. The zero-order valence-electron chi connectivity index (χ0n) is 18.5. The Morgan fingerprint density at radius 3 is 2.28 bits per heavy atom.